The standard InChI is InChI=1S/4C18H15P.C8H5F3N2.C7H5BrF3N.2CN.Pd.Zn/c4*1-4-10-16(11-5-1)19(17-12-6-2-7-13-17)18-14-8-3-9-15-18;9-8(10,11)6-1-5(4-12)2-7(13)3-6;8-5-1-4(7(9,10)11)2-6(12)3-5;2*1-2;;/h4*1-15H;1-3H,13H2;1-3H,12H2;;;;/q;;;;;;2*-1;;+2. The molecule has 0 atom stereocenters. The molecule has 0 saturated carbocycles. The third-order valence-corrected chi connectivity index (χ3v) is 25.1. The first-order chi connectivity index (χ1) is 51.1. The van der Waals surface area contributed by atoms with E-state index in [4.69, 9.17) is 40.4 Å². The van der Waals surface area contributed by atoms with Crippen LogP contribution in [-0.4, -0.2) is 0 Å². The molecule has 14 aromatic rings. The number of nitrogen functional groups attached to an aromatic ring is 2. The van der Waals surface area contributed by atoms with E-state index < -0.39 is 55.2 Å². The van der Waals surface area contributed by atoms with Gasteiger partial charge in [-0.05, 0) is 132 Å². The molecule has 0 aliphatic rings. The first-order valence-electron chi connectivity index (χ1n) is 32.4. The van der Waals surface area contributed by atoms with Crippen molar-refractivity contribution in [1.82, 2.24) is 0 Å². The average molecular weight is 1700 g/mol. The van der Waals surface area contributed by atoms with Gasteiger partial charge in [-0.15, -0.1) is 0 Å². The number of hydrogen-bond donors (Lipinski definition) is 2. The van der Waals surface area contributed by atoms with Gasteiger partial charge in [-0.2, -0.15) is 31.6 Å². The number of benzene rings is 14. The van der Waals surface area contributed by atoms with E-state index >= 15 is 0 Å². The van der Waals surface area contributed by atoms with Crippen molar-refractivity contribution in [2.45, 2.75) is 12.4 Å². The van der Waals surface area contributed by atoms with Crippen molar-refractivity contribution in [3.63, 3.8) is 0 Å². The molecule has 107 heavy (non-hydrogen) atoms. The molecule has 14 rings (SSSR count). The van der Waals surface area contributed by atoms with Gasteiger partial charge >= 0.3 is 31.8 Å². The van der Waals surface area contributed by atoms with Crippen LogP contribution in [0.5, 0.6) is 0 Å². The summed E-state index contributed by atoms with van der Waals surface area (Å²) < 4.78 is 72.9. The zero-order valence-corrected chi connectivity index (χ0v) is 67.2. The quantitative estimate of drug-likeness (QED) is 0.0415. The molecule has 532 valence electrons. The molecular weight excluding hydrogens is 1630 g/mol. The number of alkyl halides is 6. The SMILES string of the molecule is N#Cc1cc(N)cc(C(F)(F)F)c1.Nc1cc(Br)cc(C(F)(F)F)c1.[C-]#N.[C-]#N.[Pd].[Zn+2].c1ccc(P(c2ccccc2)c2ccccc2)cc1.c1ccc(P(c2ccccc2)c2ccccc2)cc1.c1ccc(P(c2ccccc2)c2ccccc2)cc1.c1ccc(P(c2ccccc2)c2ccccc2)cc1. The molecule has 14 aromatic carbocycles. The monoisotopic (exact) mass is 1700 g/mol. The van der Waals surface area contributed by atoms with E-state index in [2.05, 4.69) is 380 Å². The Morgan fingerprint density at radius 3 is 0.551 bits per heavy atom. The Hall–Kier alpha value is -9.78. The van der Waals surface area contributed by atoms with Crippen molar-refractivity contribution >= 4 is 123 Å². The zero-order chi connectivity index (χ0) is 75.1. The van der Waals surface area contributed by atoms with Crippen molar-refractivity contribution in [2.75, 3.05) is 11.5 Å². The second kappa shape index (κ2) is 47.7. The van der Waals surface area contributed by atoms with Crippen LogP contribution in [0.15, 0.2) is 405 Å². The molecule has 0 saturated heterocycles. The van der Waals surface area contributed by atoms with Crippen molar-refractivity contribution in [3.05, 3.63) is 435 Å². The number of anilines is 2. The predicted molar refractivity (Wildman–Crippen MR) is 435 cm³/mol. The summed E-state index contributed by atoms with van der Waals surface area (Å²) >= 11 is 2.93. The third kappa shape index (κ3) is 28.8. The second-order valence-electron chi connectivity index (χ2n) is 22.1. The maximum Gasteiger partial charge on any atom is 2.00 e. The summed E-state index contributed by atoms with van der Waals surface area (Å²) in [4.78, 5) is 0. The fourth-order valence-electron chi connectivity index (χ4n) is 10.4. The molecule has 0 radical (unpaired) electrons. The first kappa shape index (κ1) is 87.8. The van der Waals surface area contributed by atoms with Gasteiger partial charge in [0.15, 0.2) is 0 Å². The van der Waals surface area contributed by atoms with Crippen LogP contribution in [0.4, 0.5) is 37.7 Å². The number of hydrogen-bond acceptors (Lipinski definition) is 5. The molecule has 0 bridgehead atoms. The van der Waals surface area contributed by atoms with Crippen LogP contribution in [0.1, 0.15) is 16.7 Å². The van der Waals surface area contributed by atoms with Crippen LogP contribution in [0.25, 0.3) is 0 Å². The van der Waals surface area contributed by atoms with Gasteiger partial charge in [-0.3, -0.25) is 0 Å². The Morgan fingerprint density at radius 2 is 0.411 bits per heavy atom. The fourth-order valence-corrected chi connectivity index (χ4v) is 20.1. The third-order valence-electron chi connectivity index (χ3n) is 14.8. The van der Waals surface area contributed by atoms with Gasteiger partial charge in [0, 0.05) is 36.3 Å². The minimum Gasteiger partial charge on any atom is -0.512 e. The van der Waals surface area contributed by atoms with Crippen molar-refractivity contribution in [2.24, 2.45) is 0 Å². The summed E-state index contributed by atoms with van der Waals surface area (Å²) in [7, 11) is -1.78. The Morgan fingerprint density at radius 1 is 0.262 bits per heavy atom. The summed E-state index contributed by atoms with van der Waals surface area (Å²) in [5, 5.41) is 37.7. The Labute approximate surface area is 663 Å². The van der Waals surface area contributed by atoms with Gasteiger partial charge in [0.25, 0.3) is 0 Å². The zero-order valence-electron chi connectivity index (χ0n) is 57.6. The molecule has 0 heterocycles. The van der Waals surface area contributed by atoms with Gasteiger partial charge in [-0.25, -0.2) is 0 Å². The summed E-state index contributed by atoms with van der Waals surface area (Å²) in [6.45, 7) is 9.50. The normalized spacial score (nSPS) is 10.2. The van der Waals surface area contributed by atoms with Crippen LogP contribution in [0, 0.1) is 35.0 Å². The summed E-state index contributed by atoms with van der Waals surface area (Å²) in [6.07, 6.45) is -8.79. The number of rotatable bonds is 12. The topological polar surface area (TPSA) is 123 Å². The van der Waals surface area contributed by atoms with Crippen LogP contribution >= 0.6 is 47.6 Å². The van der Waals surface area contributed by atoms with Crippen molar-refractivity contribution in [3.8, 4) is 6.07 Å². The maximum absolute atomic E-state index is 12.1. The van der Waals surface area contributed by atoms with E-state index in [1.165, 1.54) is 75.8 Å². The molecule has 0 spiro atoms. The smallest absolute Gasteiger partial charge is 0.512 e. The number of nitriles is 1. The van der Waals surface area contributed by atoms with E-state index in [0.29, 0.717) is 4.47 Å². The molecule has 0 aromatic heterocycles. The molecule has 0 aliphatic carbocycles. The van der Waals surface area contributed by atoms with E-state index in [0.717, 1.165) is 24.3 Å². The van der Waals surface area contributed by atoms with Crippen LogP contribution in [-0.2, 0) is 52.3 Å². The van der Waals surface area contributed by atoms with Gasteiger partial charge in [-0.1, -0.05) is 380 Å². The molecule has 5 nitrogen and oxygen atoms in total. The van der Waals surface area contributed by atoms with Crippen molar-refractivity contribution < 1.29 is 66.2 Å². The molecule has 0 amide bonds. The van der Waals surface area contributed by atoms with Gasteiger partial charge in [0.05, 0.1) is 22.8 Å². The Balaban J connectivity index is 0.000000229. The average Bonchev–Trinajstić information content (AvgIpc) is 0.853. The van der Waals surface area contributed by atoms with E-state index in [1.54, 1.807) is 6.07 Å². The minimum absolute atomic E-state index is 0. The number of halogens is 7. The minimum atomic E-state index is -4.46. The summed E-state index contributed by atoms with van der Waals surface area (Å²) in [6, 6.07) is 137. The Bertz CT molecular complexity index is 3960. The van der Waals surface area contributed by atoms with Gasteiger partial charge in [0.1, 0.15) is 0 Å². The molecule has 0 unspecified atom stereocenters. The largest absolute Gasteiger partial charge is 2.00 e. The number of nitrogens with zero attached hydrogens (tertiary/aromatic N) is 3. The van der Waals surface area contributed by atoms with Crippen molar-refractivity contribution in [1.29, 1.82) is 15.8 Å². The number of nitrogens with two attached hydrogens (primary N) is 2. The molecule has 4 N–H and O–H groups in total. The van der Waals surface area contributed by atoms with E-state index in [1.807, 2.05) is 0 Å². The first-order valence-corrected chi connectivity index (χ1v) is 38.6. The van der Waals surface area contributed by atoms with E-state index in [9.17, 15) is 26.3 Å². The summed E-state index contributed by atoms with van der Waals surface area (Å²) in [5.74, 6) is 0. The molecule has 18 heteroatoms. The second-order valence-corrected chi connectivity index (χ2v) is 31.9. The molecule has 0 fully saturated rings. The van der Waals surface area contributed by atoms with E-state index in [-0.39, 0.29) is 56.8 Å². The Kier molecular flexibility index (Phi) is 39.2. The van der Waals surface area contributed by atoms with Crippen LogP contribution < -0.4 is 75.1 Å². The molecule has 0 aliphatic heterocycles. The van der Waals surface area contributed by atoms with Crippen LogP contribution in [0.3, 0.4) is 0 Å². The fraction of sp³-hybridized carbons (Fsp3) is 0.0225. The predicted octanol–water partition coefficient (Wildman–Crippen LogP) is 19.2. The van der Waals surface area contributed by atoms with Crippen LogP contribution in [0.2, 0.25) is 0 Å². The van der Waals surface area contributed by atoms with Gasteiger partial charge in [0.2, 0.25) is 0 Å². The maximum atomic E-state index is 12.1. The van der Waals surface area contributed by atoms with Gasteiger partial charge < -0.3 is 35.1 Å². The summed E-state index contributed by atoms with van der Waals surface area (Å²) in [5.41, 5.74) is 8.71. The molecular formula is C89H70BrF6N5P4PdZn.